The Morgan fingerprint density at radius 1 is 1.38 bits per heavy atom. The fourth-order valence-corrected chi connectivity index (χ4v) is 2.57. The molecule has 1 fully saturated rings. The molecule has 0 spiro atoms. The number of anilines is 2. The van der Waals surface area contributed by atoms with Gasteiger partial charge in [0.25, 0.3) is 11.4 Å². The van der Waals surface area contributed by atoms with Gasteiger partial charge in [0.1, 0.15) is 0 Å². The number of para-hydroxylation sites is 2. The Morgan fingerprint density at radius 2 is 2.04 bits per heavy atom. The average molecular weight is 364 g/mol. The lowest BCUT2D eigenvalue weighted by Gasteiger charge is -2.42. The minimum absolute atomic E-state index is 0.0595. The van der Waals surface area contributed by atoms with Crippen molar-refractivity contribution in [1.29, 1.82) is 0 Å². The van der Waals surface area contributed by atoms with Crippen LogP contribution in [0.25, 0.3) is 0 Å². The van der Waals surface area contributed by atoms with Crippen LogP contribution in [0.15, 0.2) is 36.6 Å². The van der Waals surface area contributed by atoms with Gasteiger partial charge in [0.15, 0.2) is 0 Å². The van der Waals surface area contributed by atoms with E-state index in [1.165, 1.54) is 31.2 Å². The Morgan fingerprint density at radius 3 is 2.62 bits per heavy atom. The van der Waals surface area contributed by atoms with Crippen molar-refractivity contribution in [3.8, 4) is 11.8 Å². The standard InChI is InChI=1S/C18H15F3N2O3/c1-11(2)26-16(25)23-14-6-4-3-5-13(14)22-15(24)17(23,18(19,20)21)10-9-12-7-8-12/h3-6,12H,1,7-8H2,2H3,(H,22,24). The minimum atomic E-state index is -5.15. The van der Waals surface area contributed by atoms with E-state index in [1.807, 2.05) is 5.92 Å². The zero-order valence-electron chi connectivity index (χ0n) is 13.8. The van der Waals surface area contributed by atoms with E-state index in [9.17, 15) is 22.8 Å². The molecule has 2 aliphatic rings. The summed E-state index contributed by atoms with van der Waals surface area (Å²) in [4.78, 5) is 25.4. The van der Waals surface area contributed by atoms with E-state index in [0.717, 1.165) is 0 Å². The van der Waals surface area contributed by atoms with Gasteiger partial charge in [-0.3, -0.25) is 4.79 Å². The molecule has 1 saturated carbocycles. The highest BCUT2D eigenvalue weighted by molar-refractivity contribution is 6.16. The summed E-state index contributed by atoms with van der Waals surface area (Å²) >= 11 is 0. The summed E-state index contributed by atoms with van der Waals surface area (Å²) in [5, 5.41) is 2.21. The molecule has 1 aliphatic heterocycles. The van der Waals surface area contributed by atoms with E-state index >= 15 is 0 Å². The average Bonchev–Trinajstić information content (AvgIpc) is 3.34. The number of nitrogens with zero attached hydrogens (tertiary/aromatic N) is 1. The van der Waals surface area contributed by atoms with Crippen LogP contribution in [0.3, 0.4) is 0 Å². The Bertz CT molecular complexity index is 849. The summed E-state index contributed by atoms with van der Waals surface area (Å²) in [5.74, 6) is 2.75. The molecule has 3 rings (SSSR count). The van der Waals surface area contributed by atoms with Crippen molar-refractivity contribution < 1.29 is 27.5 Å². The smallest absolute Gasteiger partial charge is 0.415 e. The molecule has 1 aromatic carbocycles. The molecule has 0 aromatic heterocycles. The molecule has 1 heterocycles. The zero-order valence-corrected chi connectivity index (χ0v) is 13.8. The normalized spacial score (nSPS) is 21.8. The third kappa shape index (κ3) is 2.90. The molecule has 1 aliphatic carbocycles. The van der Waals surface area contributed by atoms with Crippen LogP contribution in [0.5, 0.6) is 0 Å². The van der Waals surface area contributed by atoms with Gasteiger partial charge in [-0.05, 0) is 31.9 Å². The summed E-state index contributed by atoms with van der Waals surface area (Å²) in [6.45, 7) is 4.69. The number of allylic oxidation sites excluding steroid dienone is 1. The van der Waals surface area contributed by atoms with E-state index in [1.54, 1.807) is 0 Å². The number of rotatable bonds is 1. The van der Waals surface area contributed by atoms with E-state index < -0.39 is 23.7 Å². The van der Waals surface area contributed by atoms with Crippen molar-refractivity contribution in [2.75, 3.05) is 10.2 Å². The number of alkyl halides is 3. The number of carbonyl (C=O) groups is 2. The number of ether oxygens (including phenoxy) is 1. The summed E-state index contributed by atoms with van der Waals surface area (Å²) in [7, 11) is 0. The number of hydrogen-bond donors (Lipinski definition) is 1. The topological polar surface area (TPSA) is 58.6 Å². The quantitative estimate of drug-likeness (QED) is 0.609. The first kappa shape index (κ1) is 17.9. The van der Waals surface area contributed by atoms with Crippen LogP contribution < -0.4 is 10.2 Å². The van der Waals surface area contributed by atoms with Gasteiger partial charge in [-0.25, -0.2) is 9.69 Å². The first-order valence-corrected chi connectivity index (χ1v) is 7.84. The molecule has 5 nitrogen and oxygen atoms in total. The predicted octanol–water partition coefficient (Wildman–Crippen LogP) is 3.83. The Labute approximate surface area is 147 Å². The molecule has 0 saturated heterocycles. The van der Waals surface area contributed by atoms with Crippen molar-refractivity contribution in [2.45, 2.75) is 31.5 Å². The lowest BCUT2D eigenvalue weighted by molar-refractivity contribution is -0.175. The molecule has 26 heavy (non-hydrogen) atoms. The molecule has 136 valence electrons. The summed E-state index contributed by atoms with van der Waals surface area (Å²) in [5.41, 5.74) is -3.47. The van der Waals surface area contributed by atoms with Crippen LogP contribution in [0.2, 0.25) is 0 Å². The second kappa shape index (κ2) is 6.09. The molecule has 0 radical (unpaired) electrons. The summed E-state index contributed by atoms with van der Waals surface area (Å²) in [6.07, 6.45) is -5.20. The molecule has 1 atom stereocenters. The Kier molecular flexibility index (Phi) is 4.18. The highest BCUT2D eigenvalue weighted by Gasteiger charge is 2.68. The highest BCUT2D eigenvalue weighted by atomic mass is 19.4. The monoisotopic (exact) mass is 364 g/mol. The fraction of sp³-hybridized carbons (Fsp3) is 0.333. The molecular weight excluding hydrogens is 349 g/mol. The molecule has 1 unspecified atom stereocenters. The maximum Gasteiger partial charge on any atom is 0.433 e. The largest absolute Gasteiger partial charge is 0.433 e. The van der Waals surface area contributed by atoms with Crippen molar-refractivity contribution in [3.63, 3.8) is 0 Å². The van der Waals surface area contributed by atoms with Gasteiger partial charge in [0.05, 0.1) is 17.1 Å². The van der Waals surface area contributed by atoms with Crippen molar-refractivity contribution in [2.24, 2.45) is 5.92 Å². The van der Waals surface area contributed by atoms with Crippen molar-refractivity contribution >= 4 is 23.4 Å². The maximum absolute atomic E-state index is 14.1. The van der Waals surface area contributed by atoms with Gasteiger partial charge < -0.3 is 10.1 Å². The summed E-state index contributed by atoms with van der Waals surface area (Å²) in [6, 6.07) is 5.65. The van der Waals surface area contributed by atoms with Gasteiger partial charge in [-0.1, -0.05) is 30.6 Å². The summed E-state index contributed by atoms with van der Waals surface area (Å²) < 4.78 is 47.2. The Balaban J connectivity index is 2.24. The van der Waals surface area contributed by atoms with Gasteiger partial charge >= 0.3 is 12.3 Å². The lowest BCUT2D eigenvalue weighted by atomic mass is 9.91. The number of amides is 2. The fourth-order valence-electron chi connectivity index (χ4n) is 2.57. The van der Waals surface area contributed by atoms with E-state index in [-0.39, 0.29) is 28.0 Å². The van der Waals surface area contributed by atoms with Crippen molar-refractivity contribution in [3.05, 3.63) is 36.6 Å². The molecule has 1 N–H and O–H groups in total. The third-order valence-electron chi connectivity index (χ3n) is 3.95. The van der Waals surface area contributed by atoms with E-state index in [4.69, 9.17) is 4.74 Å². The number of benzene rings is 1. The first-order chi connectivity index (χ1) is 12.2. The third-order valence-corrected chi connectivity index (χ3v) is 3.95. The predicted molar refractivity (Wildman–Crippen MR) is 88.1 cm³/mol. The number of hydrogen-bond acceptors (Lipinski definition) is 3. The van der Waals surface area contributed by atoms with Crippen molar-refractivity contribution in [1.82, 2.24) is 0 Å². The maximum atomic E-state index is 14.1. The van der Waals surface area contributed by atoms with Crippen LogP contribution in [0.1, 0.15) is 19.8 Å². The lowest BCUT2D eigenvalue weighted by Crippen LogP contribution is -2.69. The van der Waals surface area contributed by atoms with Gasteiger partial charge in [-0.2, -0.15) is 13.2 Å². The highest BCUT2D eigenvalue weighted by Crippen LogP contribution is 2.45. The number of halogens is 3. The zero-order chi connectivity index (χ0) is 19.1. The minimum Gasteiger partial charge on any atom is -0.415 e. The molecule has 8 heteroatoms. The molecule has 0 bridgehead atoms. The second-order valence-electron chi connectivity index (χ2n) is 6.13. The van der Waals surface area contributed by atoms with Crippen LogP contribution >= 0.6 is 0 Å². The van der Waals surface area contributed by atoms with Crippen LogP contribution in [0, 0.1) is 17.8 Å². The van der Waals surface area contributed by atoms with E-state index in [0.29, 0.717) is 12.8 Å². The van der Waals surface area contributed by atoms with Gasteiger partial charge in [-0.15, -0.1) is 0 Å². The Hall–Kier alpha value is -2.95. The van der Waals surface area contributed by atoms with Gasteiger partial charge in [0, 0.05) is 5.92 Å². The number of fused-ring (bicyclic) bond motifs is 1. The molecular formula is C18H15F3N2O3. The molecule has 2 amide bonds. The number of carbonyl (C=O) groups excluding carboxylic acids is 2. The molecule has 1 aromatic rings. The van der Waals surface area contributed by atoms with Crippen LogP contribution in [0.4, 0.5) is 29.3 Å². The number of nitrogens with one attached hydrogen (secondary N) is 1. The first-order valence-electron chi connectivity index (χ1n) is 7.84. The SMILES string of the molecule is C=C(C)OC(=O)N1c2ccccc2NC(=O)C1(C#CC1CC1)C(F)(F)F. The van der Waals surface area contributed by atoms with Gasteiger partial charge in [0.2, 0.25) is 0 Å². The van der Waals surface area contributed by atoms with E-state index in [2.05, 4.69) is 17.8 Å². The second-order valence-corrected chi connectivity index (χ2v) is 6.13. The van der Waals surface area contributed by atoms with Crippen LogP contribution in [-0.2, 0) is 9.53 Å². The van der Waals surface area contributed by atoms with Crippen LogP contribution in [-0.4, -0.2) is 23.7 Å².